The minimum atomic E-state index is -0.0694. The minimum Gasteiger partial charge on any atom is -0.440 e. The van der Waals surface area contributed by atoms with Gasteiger partial charge in [0.25, 0.3) is 0 Å². The Balaban J connectivity index is 1.88. The molecule has 0 fully saturated rings. The summed E-state index contributed by atoms with van der Waals surface area (Å²) in [5.74, 6) is 0.346. The van der Waals surface area contributed by atoms with Crippen molar-refractivity contribution in [1.82, 2.24) is 4.98 Å². The Morgan fingerprint density at radius 1 is 1.25 bits per heavy atom. The molecular formula is C15H9BrClNO2. The first-order valence-electron chi connectivity index (χ1n) is 5.96. The predicted molar refractivity (Wildman–Crippen MR) is 81.2 cm³/mol. The minimum absolute atomic E-state index is 0.0694. The number of fused-ring (bicyclic) bond motifs is 1. The standard InChI is InChI=1S/C15H9BrClNO2/c16-11-7-9(17)5-6-10(11)13(19)8-15-18-12-3-1-2-4-14(12)20-15/h1-7H,8H2. The van der Waals surface area contributed by atoms with Crippen LogP contribution in [0.15, 0.2) is 51.4 Å². The van der Waals surface area contributed by atoms with Crippen LogP contribution in [0.5, 0.6) is 0 Å². The van der Waals surface area contributed by atoms with Crippen molar-refractivity contribution in [1.29, 1.82) is 0 Å². The van der Waals surface area contributed by atoms with Crippen LogP contribution in [-0.4, -0.2) is 10.8 Å². The van der Waals surface area contributed by atoms with Gasteiger partial charge in [0, 0.05) is 15.1 Å². The summed E-state index contributed by atoms with van der Waals surface area (Å²) in [6, 6.07) is 12.5. The molecule has 1 aromatic heterocycles. The predicted octanol–water partition coefficient (Wildman–Crippen LogP) is 4.67. The molecule has 0 unspecified atom stereocenters. The van der Waals surface area contributed by atoms with Crippen LogP contribution in [0.25, 0.3) is 11.1 Å². The molecule has 0 saturated carbocycles. The van der Waals surface area contributed by atoms with Gasteiger partial charge in [-0.2, -0.15) is 0 Å². The first kappa shape index (κ1) is 13.3. The van der Waals surface area contributed by atoms with Crippen LogP contribution in [0.4, 0.5) is 0 Å². The monoisotopic (exact) mass is 349 g/mol. The van der Waals surface area contributed by atoms with Crippen molar-refractivity contribution >= 4 is 44.4 Å². The largest absolute Gasteiger partial charge is 0.440 e. The van der Waals surface area contributed by atoms with E-state index in [0.717, 1.165) is 5.52 Å². The maximum Gasteiger partial charge on any atom is 0.203 e. The molecule has 3 rings (SSSR count). The zero-order chi connectivity index (χ0) is 14.1. The van der Waals surface area contributed by atoms with Gasteiger partial charge in [0.15, 0.2) is 11.4 Å². The van der Waals surface area contributed by atoms with Crippen LogP contribution >= 0.6 is 27.5 Å². The van der Waals surface area contributed by atoms with E-state index >= 15 is 0 Å². The Morgan fingerprint density at radius 2 is 2.05 bits per heavy atom. The first-order chi connectivity index (χ1) is 9.63. The van der Waals surface area contributed by atoms with Gasteiger partial charge < -0.3 is 4.42 Å². The Bertz CT molecular complexity index is 764. The van der Waals surface area contributed by atoms with E-state index in [1.54, 1.807) is 18.2 Å². The Morgan fingerprint density at radius 3 is 2.80 bits per heavy atom. The van der Waals surface area contributed by atoms with Crippen molar-refractivity contribution in [2.24, 2.45) is 0 Å². The number of hydrogen-bond acceptors (Lipinski definition) is 3. The van der Waals surface area contributed by atoms with Crippen LogP contribution in [0.2, 0.25) is 5.02 Å². The lowest BCUT2D eigenvalue weighted by Crippen LogP contribution is -2.04. The maximum atomic E-state index is 12.2. The summed E-state index contributed by atoms with van der Waals surface area (Å²) in [5, 5.41) is 0.579. The van der Waals surface area contributed by atoms with E-state index in [0.29, 0.717) is 26.5 Å². The summed E-state index contributed by atoms with van der Waals surface area (Å²) >= 11 is 9.20. The lowest BCUT2D eigenvalue weighted by molar-refractivity contribution is 0.0985. The molecule has 3 aromatic rings. The highest BCUT2D eigenvalue weighted by atomic mass is 79.9. The number of oxazole rings is 1. The van der Waals surface area contributed by atoms with Gasteiger partial charge in [-0.3, -0.25) is 4.79 Å². The summed E-state index contributed by atoms with van der Waals surface area (Å²) < 4.78 is 6.22. The molecule has 2 aromatic carbocycles. The van der Waals surface area contributed by atoms with Crippen molar-refractivity contribution in [3.63, 3.8) is 0 Å². The SMILES string of the molecule is O=C(Cc1nc2ccccc2o1)c1ccc(Cl)cc1Br. The average Bonchev–Trinajstić information content (AvgIpc) is 2.80. The summed E-state index contributed by atoms with van der Waals surface area (Å²) in [6.45, 7) is 0. The molecule has 0 aliphatic heterocycles. The molecule has 5 heteroatoms. The van der Waals surface area contributed by atoms with Gasteiger partial charge >= 0.3 is 0 Å². The number of Topliss-reactive ketones (excluding diaryl/α,β-unsaturated/α-hetero) is 1. The third-order valence-electron chi connectivity index (χ3n) is 2.88. The van der Waals surface area contributed by atoms with Crippen molar-refractivity contribution < 1.29 is 9.21 Å². The second-order valence-electron chi connectivity index (χ2n) is 4.30. The summed E-state index contributed by atoms with van der Waals surface area (Å²) in [4.78, 5) is 16.5. The average molecular weight is 351 g/mol. The molecule has 0 amide bonds. The molecular weight excluding hydrogens is 342 g/mol. The highest BCUT2D eigenvalue weighted by molar-refractivity contribution is 9.10. The van der Waals surface area contributed by atoms with Gasteiger partial charge in [0.2, 0.25) is 5.89 Å². The molecule has 0 spiro atoms. The fraction of sp³-hybridized carbons (Fsp3) is 0.0667. The normalized spacial score (nSPS) is 10.9. The number of rotatable bonds is 3. The first-order valence-corrected chi connectivity index (χ1v) is 7.13. The van der Waals surface area contributed by atoms with E-state index < -0.39 is 0 Å². The van der Waals surface area contributed by atoms with E-state index in [-0.39, 0.29) is 12.2 Å². The molecule has 1 heterocycles. The molecule has 0 saturated heterocycles. The maximum absolute atomic E-state index is 12.2. The van der Waals surface area contributed by atoms with Crippen LogP contribution in [0, 0.1) is 0 Å². The van der Waals surface area contributed by atoms with E-state index in [9.17, 15) is 4.79 Å². The number of ketones is 1. The van der Waals surface area contributed by atoms with Crippen molar-refractivity contribution in [2.75, 3.05) is 0 Å². The number of carbonyl (C=O) groups is 1. The smallest absolute Gasteiger partial charge is 0.203 e. The number of nitrogens with zero attached hydrogens (tertiary/aromatic N) is 1. The number of para-hydroxylation sites is 2. The fourth-order valence-corrected chi connectivity index (χ4v) is 2.85. The molecule has 0 bridgehead atoms. The van der Waals surface area contributed by atoms with Crippen LogP contribution in [-0.2, 0) is 6.42 Å². The highest BCUT2D eigenvalue weighted by Crippen LogP contribution is 2.23. The third kappa shape index (κ3) is 2.62. The summed E-state index contributed by atoms with van der Waals surface area (Å²) in [7, 11) is 0. The van der Waals surface area contributed by atoms with Gasteiger partial charge in [0.05, 0.1) is 6.42 Å². The quantitative estimate of drug-likeness (QED) is 0.645. The Labute approximate surface area is 128 Å². The second-order valence-corrected chi connectivity index (χ2v) is 5.59. The van der Waals surface area contributed by atoms with Crippen LogP contribution < -0.4 is 0 Å². The molecule has 0 atom stereocenters. The molecule has 0 aliphatic carbocycles. The van der Waals surface area contributed by atoms with Gasteiger partial charge in [-0.25, -0.2) is 4.98 Å². The molecule has 0 N–H and O–H groups in total. The Hall–Kier alpha value is -1.65. The molecule has 3 nitrogen and oxygen atoms in total. The Kier molecular flexibility index (Phi) is 3.59. The fourth-order valence-electron chi connectivity index (χ4n) is 1.94. The van der Waals surface area contributed by atoms with Crippen molar-refractivity contribution in [3.8, 4) is 0 Å². The van der Waals surface area contributed by atoms with Crippen molar-refractivity contribution in [3.05, 3.63) is 63.4 Å². The number of benzene rings is 2. The number of aromatic nitrogens is 1. The van der Waals surface area contributed by atoms with E-state index in [1.165, 1.54) is 0 Å². The lowest BCUT2D eigenvalue weighted by atomic mass is 10.1. The van der Waals surface area contributed by atoms with Gasteiger partial charge in [0.1, 0.15) is 5.52 Å². The highest BCUT2D eigenvalue weighted by Gasteiger charge is 2.15. The number of carbonyl (C=O) groups excluding carboxylic acids is 1. The lowest BCUT2D eigenvalue weighted by Gasteiger charge is -2.02. The molecule has 20 heavy (non-hydrogen) atoms. The van der Waals surface area contributed by atoms with Crippen LogP contribution in [0.3, 0.4) is 0 Å². The van der Waals surface area contributed by atoms with E-state index in [2.05, 4.69) is 20.9 Å². The molecule has 0 aliphatic rings. The van der Waals surface area contributed by atoms with Crippen molar-refractivity contribution in [2.45, 2.75) is 6.42 Å². The number of halogens is 2. The summed E-state index contributed by atoms with van der Waals surface area (Å²) in [5.41, 5.74) is 2.01. The number of hydrogen-bond donors (Lipinski definition) is 0. The van der Waals surface area contributed by atoms with E-state index in [1.807, 2.05) is 24.3 Å². The molecule has 100 valence electrons. The zero-order valence-electron chi connectivity index (χ0n) is 10.3. The van der Waals surface area contributed by atoms with Gasteiger partial charge in [-0.1, -0.05) is 23.7 Å². The van der Waals surface area contributed by atoms with E-state index in [4.69, 9.17) is 16.0 Å². The zero-order valence-corrected chi connectivity index (χ0v) is 12.6. The second kappa shape index (κ2) is 5.38. The van der Waals surface area contributed by atoms with Gasteiger partial charge in [-0.15, -0.1) is 0 Å². The van der Waals surface area contributed by atoms with Crippen LogP contribution in [0.1, 0.15) is 16.2 Å². The molecule has 0 radical (unpaired) electrons. The topological polar surface area (TPSA) is 43.1 Å². The third-order valence-corrected chi connectivity index (χ3v) is 3.77. The summed E-state index contributed by atoms with van der Waals surface area (Å²) in [6.07, 6.45) is 0.120. The van der Waals surface area contributed by atoms with Gasteiger partial charge in [-0.05, 0) is 46.3 Å².